The van der Waals surface area contributed by atoms with Crippen LogP contribution in [-0.4, -0.2) is 24.1 Å². The van der Waals surface area contributed by atoms with Crippen LogP contribution in [0.25, 0.3) is 11.0 Å². The van der Waals surface area contributed by atoms with Crippen molar-refractivity contribution in [3.05, 3.63) is 22.4 Å². The molecule has 0 aliphatic carbocycles. The van der Waals surface area contributed by atoms with Crippen LogP contribution in [0.5, 0.6) is 17.2 Å². The van der Waals surface area contributed by atoms with Gasteiger partial charge in [0.1, 0.15) is 11.0 Å². The molecule has 0 fully saturated rings. The number of rotatable bonds is 6. The lowest BCUT2D eigenvalue weighted by atomic mass is 10.2. The Morgan fingerprint density at radius 3 is 2.68 bits per heavy atom. The van der Waals surface area contributed by atoms with Gasteiger partial charge >= 0.3 is 0 Å². The van der Waals surface area contributed by atoms with E-state index >= 15 is 0 Å². The van der Waals surface area contributed by atoms with E-state index in [-0.39, 0.29) is 28.4 Å². The van der Waals surface area contributed by atoms with Gasteiger partial charge < -0.3 is 19.0 Å². The van der Waals surface area contributed by atoms with E-state index in [1.165, 1.54) is 24.9 Å². The van der Waals surface area contributed by atoms with Crippen molar-refractivity contribution >= 4 is 22.7 Å². The average Bonchev–Trinajstić information content (AvgIpc) is 2.44. The Labute approximate surface area is 133 Å². The van der Waals surface area contributed by atoms with Crippen LogP contribution < -0.4 is 14.9 Å². The summed E-state index contributed by atoms with van der Waals surface area (Å²) < 4.78 is 16.5. The van der Waals surface area contributed by atoms with Crippen molar-refractivity contribution in [2.45, 2.75) is 38.4 Å². The summed E-state index contributed by atoms with van der Waals surface area (Å²) in [5.41, 5.74) is -0.00759. The summed E-state index contributed by atoms with van der Waals surface area (Å²) in [6, 6.07) is 2.98. The van der Waals surface area contributed by atoms with E-state index in [1.807, 2.05) is 13.8 Å². The van der Waals surface area contributed by atoms with Gasteiger partial charge in [0.2, 0.25) is 5.75 Å². The monoisotopic (exact) mass is 324 g/mol. The van der Waals surface area contributed by atoms with E-state index in [0.29, 0.717) is 16.4 Å². The summed E-state index contributed by atoms with van der Waals surface area (Å²) >= 11 is 1.46. The first-order chi connectivity index (χ1) is 10.5. The third-order valence-corrected chi connectivity index (χ3v) is 4.00. The number of phenolic OH excluding ortho intramolecular Hbond substituents is 1. The van der Waals surface area contributed by atoms with Gasteiger partial charge in [0.15, 0.2) is 22.0 Å². The third kappa shape index (κ3) is 3.32. The van der Waals surface area contributed by atoms with Gasteiger partial charge in [-0.3, -0.25) is 4.79 Å². The molecule has 2 aromatic rings. The van der Waals surface area contributed by atoms with Crippen LogP contribution in [0.1, 0.15) is 27.2 Å². The maximum absolute atomic E-state index is 12.3. The predicted octanol–water partition coefficient (Wildman–Crippen LogP) is 3.80. The van der Waals surface area contributed by atoms with Gasteiger partial charge in [0.05, 0.1) is 13.2 Å². The molecule has 0 spiro atoms. The molecule has 1 heterocycles. The highest BCUT2D eigenvalue weighted by atomic mass is 32.2. The lowest BCUT2D eigenvalue weighted by Crippen LogP contribution is -2.08. The first kappa shape index (κ1) is 16.5. The second-order valence-electron chi connectivity index (χ2n) is 5.07. The molecule has 22 heavy (non-hydrogen) atoms. The number of methoxy groups -OCH3 is 1. The number of fused-ring (bicyclic) bond motifs is 1. The molecule has 1 N–H and O–H groups in total. The van der Waals surface area contributed by atoms with Crippen LogP contribution in [0, 0.1) is 0 Å². The Kier molecular flexibility index (Phi) is 5.24. The number of hydrogen-bond donors (Lipinski definition) is 1. The molecular formula is C16H20O5S. The van der Waals surface area contributed by atoms with Crippen molar-refractivity contribution in [2.75, 3.05) is 12.9 Å². The van der Waals surface area contributed by atoms with Gasteiger partial charge in [0.25, 0.3) is 0 Å². The lowest BCUT2D eigenvalue weighted by molar-refractivity contribution is 0.227. The van der Waals surface area contributed by atoms with Crippen molar-refractivity contribution in [1.82, 2.24) is 0 Å². The smallest absolute Gasteiger partial charge is 0.204 e. The first-order valence-corrected chi connectivity index (χ1v) is 8.13. The zero-order chi connectivity index (χ0) is 16.3. The fraction of sp³-hybridized carbons (Fsp3) is 0.438. The van der Waals surface area contributed by atoms with Gasteiger partial charge in [-0.1, -0.05) is 18.7 Å². The molecule has 0 saturated carbocycles. The minimum absolute atomic E-state index is 0.102. The van der Waals surface area contributed by atoms with Gasteiger partial charge in [0, 0.05) is 17.9 Å². The number of benzene rings is 1. The van der Waals surface area contributed by atoms with Crippen LogP contribution in [0.2, 0.25) is 0 Å². The summed E-state index contributed by atoms with van der Waals surface area (Å²) in [4.78, 5) is 12.3. The summed E-state index contributed by atoms with van der Waals surface area (Å²) in [6.45, 7) is 5.78. The van der Waals surface area contributed by atoms with Crippen molar-refractivity contribution < 1.29 is 19.0 Å². The molecule has 5 nitrogen and oxygen atoms in total. The van der Waals surface area contributed by atoms with Crippen LogP contribution in [0.4, 0.5) is 0 Å². The van der Waals surface area contributed by atoms with Crippen LogP contribution in [0.3, 0.4) is 0 Å². The van der Waals surface area contributed by atoms with Gasteiger partial charge in [-0.05, 0) is 20.3 Å². The standard InChI is InChI=1S/C16H20O5S/c1-5-6-22-13-7-10(17)14-11(21-13)8-12(20-9(2)3)16(19-4)15(14)18/h7-9,18H,5-6H2,1-4H3. The second-order valence-corrected chi connectivity index (χ2v) is 6.17. The molecule has 120 valence electrons. The molecule has 0 bridgehead atoms. The SMILES string of the molecule is CCCSc1cc(=O)c2c(O)c(OC)c(OC(C)C)cc2o1. The third-order valence-electron chi connectivity index (χ3n) is 2.91. The minimum Gasteiger partial charge on any atom is -0.504 e. The number of thioether (sulfide) groups is 1. The first-order valence-electron chi connectivity index (χ1n) is 7.15. The zero-order valence-electron chi connectivity index (χ0n) is 13.1. The normalized spacial score (nSPS) is 11.1. The van der Waals surface area contributed by atoms with E-state index in [1.54, 1.807) is 6.07 Å². The summed E-state index contributed by atoms with van der Waals surface area (Å²) in [5, 5.41) is 11.0. The highest BCUT2D eigenvalue weighted by Gasteiger charge is 2.20. The highest BCUT2D eigenvalue weighted by Crippen LogP contribution is 2.42. The van der Waals surface area contributed by atoms with Crippen LogP contribution in [-0.2, 0) is 0 Å². The van der Waals surface area contributed by atoms with Crippen molar-refractivity contribution in [2.24, 2.45) is 0 Å². The van der Waals surface area contributed by atoms with E-state index < -0.39 is 0 Å². The quantitative estimate of drug-likeness (QED) is 0.815. The topological polar surface area (TPSA) is 68.9 Å². The van der Waals surface area contributed by atoms with Gasteiger partial charge in [-0.15, -0.1) is 0 Å². The Hall–Kier alpha value is -1.82. The fourth-order valence-corrected chi connectivity index (χ4v) is 2.80. The molecular weight excluding hydrogens is 304 g/mol. The molecule has 0 unspecified atom stereocenters. The summed E-state index contributed by atoms with van der Waals surface area (Å²) in [5.74, 6) is 1.09. The van der Waals surface area contributed by atoms with E-state index in [0.717, 1.165) is 12.2 Å². The van der Waals surface area contributed by atoms with E-state index in [2.05, 4.69) is 6.92 Å². The fourth-order valence-electron chi connectivity index (χ4n) is 2.05. The number of aromatic hydroxyl groups is 1. The van der Waals surface area contributed by atoms with Gasteiger partial charge in [-0.25, -0.2) is 0 Å². The van der Waals surface area contributed by atoms with Crippen molar-refractivity contribution in [1.29, 1.82) is 0 Å². The summed E-state index contributed by atoms with van der Waals surface area (Å²) in [7, 11) is 1.42. The Balaban J connectivity index is 2.65. The highest BCUT2D eigenvalue weighted by molar-refractivity contribution is 7.99. The Morgan fingerprint density at radius 2 is 2.09 bits per heavy atom. The average molecular weight is 324 g/mol. The molecule has 0 saturated heterocycles. The largest absolute Gasteiger partial charge is 0.504 e. The molecule has 2 rings (SSSR count). The van der Waals surface area contributed by atoms with Gasteiger partial charge in [-0.2, -0.15) is 0 Å². The predicted molar refractivity (Wildman–Crippen MR) is 87.5 cm³/mol. The second kappa shape index (κ2) is 6.96. The van der Waals surface area contributed by atoms with E-state index in [4.69, 9.17) is 13.9 Å². The molecule has 0 radical (unpaired) electrons. The Morgan fingerprint density at radius 1 is 1.36 bits per heavy atom. The number of phenols is 1. The minimum atomic E-state index is -0.299. The maximum atomic E-state index is 12.3. The van der Waals surface area contributed by atoms with Crippen LogP contribution in [0.15, 0.2) is 26.4 Å². The molecule has 0 aliphatic rings. The molecule has 6 heteroatoms. The molecule has 1 aromatic heterocycles. The Bertz CT molecular complexity index is 721. The van der Waals surface area contributed by atoms with Crippen LogP contribution >= 0.6 is 11.8 Å². The molecule has 0 amide bonds. The lowest BCUT2D eigenvalue weighted by Gasteiger charge is -2.15. The molecule has 0 aliphatic heterocycles. The molecule has 1 aromatic carbocycles. The summed E-state index contributed by atoms with van der Waals surface area (Å²) in [6.07, 6.45) is 0.872. The van der Waals surface area contributed by atoms with Crippen molar-refractivity contribution in [3.8, 4) is 17.2 Å². The number of ether oxygens (including phenoxy) is 2. The van der Waals surface area contributed by atoms with E-state index in [9.17, 15) is 9.90 Å². The maximum Gasteiger partial charge on any atom is 0.204 e. The number of hydrogen-bond acceptors (Lipinski definition) is 6. The van der Waals surface area contributed by atoms with Crippen molar-refractivity contribution in [3.63, 3.8) is 0 Å². The molecule has 0 atom stereocenters. The zero-order valence-corrected chi connectivity index (χ0v) is 14.0.